The first-order chi connectivity index (χ1) is 14.5. The third-order valence-electron chi connectivity index (χ3n) is 4.32. The summed E-state index contributed by atoms with van der Waals surface area (Å²) in [5.41, 5.74) is 6.58. The number of ether oxygens (including phenoxy) is 1. The SMILES string of the molecule is Cc1ccc(NC(=O)COc2cccc(C=NNC(=O)c3cccnc3)c2)cc1C. The van der Waals surface area contributed by atoms with Crippen molar-refractivity contribution in [2.45, 2.75) is 13.8 Å². The summed E-state index contributed by atoms with van der Waals surface area (Å²) in [4.78, 5) is 28.0. The van der Waals surface area contributed by atoms with E-state index in [1.807, 2.05) is 38.1 Å². The van der Waals surface area contributed by atoms with E-state index in [1.54, 1.807) is 36.5 Å². The van der Waals surface area contributed by atoms with Crippen LogP contribution in [0.1, 0.15) is 27.0 Å². The molecule has 0 unspecified atom stereocenters. The number of hydrogen-bond acceptors (Lipinski definition) is 5. The van der Waals surface area contributed by atoms with E-state index in [1.165, 1.54) is 18.0 Å². The second-order valence-electron chi connectivity index (χ2n) is 6.65. The van der Waals surface area contributed by atoms with Crippen molar-refractivity contribution >= 4 is 23.7 Å². The first-order valence-electron chi connectivity index (χ1n) is 9.34. The Bertz CT molecular complexity index is 1070. The summed E-state index contributed by atoms with van der Waals surface area (Å²) in [6.45, 7) is 3.89. The van der Waals surface area contributed by atoms with E-state index in [-0.39, 0.29) is 18.4 Å². The monoisotopic (exact) mass is 402 g/mol. The molecule has 0 saturated heterocycles. The van der Waals surface area contributed by atoms with Crippen LogP contribution in [0.25, 0.3) is 0 Å². The van der Waals surface area contributed by atoms with Gasteiger partial charge < -0.3 is 10.1 Å². The molecule has 2 aromatic carbocycles. The predicted molar refractivity (Wildman–Crippen MR) is 116 cm³/mol. The van der Waals surface area contributed by atoms with Crippen molar-refractivity contribution in [1.82, 2.24) is 10.4 Å². The molecule has 2 amide bonds. The first-order valence-corrected chi connectivity index (χ1v) is 9.34. The number of amides is 2. The van der Waals surface area contributed by atoms with Crippen LogP contribution in [0.15, 0.2) is 72.1 Å². The molecular formula is C23H22N4O3. The van der Waals surface area contributed by atoms with Gasteiger partial charge in [0.05, 0.1) is 11.8 Å². The Morgan fingerprint density at radius 1 is 1.07 bits per heavy atom. The maximum Gasteiger partial charge on any atom is 0.272 e. The highest BCUT2D eigenvalue weighted by Crippen LogP contribution is 2.15. The summed E-state index contributed by atoms with van der Waals surface area (Å²) < 4.78 is 5.56. The maximum atomic E-state index is 12.1. The normalized spacial score (nSPS) is 10.6. The van der Waals surface area contributed by atoms with Crippen LogP contribution in [-0.4, -0.2) is 29.6 Å². The zero-order valence-electron chi connectivity index (χ0n) is 16.8. The standard InChI is InChI=1S/C23H22N4O3/c1-16-8-9-20(11-17(16)2)26-22(28)15-30-21-7-3-5-18(12-21)13-25-27-23(29)19-6-4-10-24-14-19/h3-14H,15H2,1-2H3,(H,26,28)(H,27,29). The van der Waals surface area contributed by atoms with Gasteiger partial charge in [0, 0.05) is 18.1 Å². The smallest absolute Gasteiger partial charge is 0.272 e. The lowest BCUT2D eigenvalue weighted by Crippen LogP contribution is -2.20. The van der Waals surface area contributed by atoms with Gasteiger partial charge >= 0.3 is 0 Å². The Labute approximate surface area is 174 Å². The molecule has 2 N–H and O–H groups in total. The second-order valence-corrected chi connectivity index (χ2v) is 6.65. The lowest BCUT2D eigenvalue weighted by atomic mass is 10.1. The number of benzene rings is 2. The van der Waals surface area contributed by atoms with Crippen molar-refractivity contribution < 1.29 is 14.3 Å². The van der Waals surface area contributed by atoms with E-state index in [0.717, 1.165) is 11.3 Å². The Morgan fingerprint density at radius 3 is 2.70 bits per heavy atom. The minimum atomic E-state index is -0.352. The quantitative estimate of drug-likeness (QED) is 0.467. The Balaban J connectivity index is 1.51. The summed E-state index contributed by atoms with van der Waals surface area (Å²) in [7, 11) is 0. The van der Waals surface area contributed by atoms with E-state index in [2.05, 4.69) is 20.8 Å². The number of nitrogens with one attached hydrogen (secondary N) is 2. The predicted octanol–water partition coefficient (Wildman–Crippen LogP) is 3.48. The minimum Gasteiger partial charge on any atom is -0.484 e. The number of carbonyl (C=O) groups excluding carboxylic acids is 2. The van der Waals surface area contributed by atoms with Gasteiger partial charge in [-0.2, -0.15) is 5.10 Å². The molecule has 0 saturated carbocycles. The number of carbonyl (C=O) groups is 2. The van der Waals surface area contributed by atoms with Crippen LogP contribution < -0.4 is 15.5 Å². The lowest BCUT2D eigenvalue weighted by Gasteiger charge is -2.09. The molecule has 0 spiro atoms. The van der Waals surface area contributed by atoms with Gasteiger partial charge in [0.2, 0.25) is 0 Å². The summed E-state index contributed by atoms with van der Waals surface area (Å²) in [6, 6.07) is 16.1. The fourth-order valence-corrected chi connectivity index (χ4v) is 2.58. The number of anilines is 1. The molecule has 1 heterocycles. The molecule has 0 aliphatic rings. The van der Waals surface area contributed by atoms with Gasteiger partial charge in [0.15, 0.2) is 6.61 Å². The van der Waals surface area contributed by atoms with Crippen LogP contribution >= 0.6 is 0 Å². The molecule has 7 heteroatoms. The Morgan fingerprint density at radius 2 is 1.93 bits per heavy atom. The topological polar surface area (TPSA) is 92.7 Å². The molecule has 0 radical (unpaired) electrons. The molecule has 0 fully saturated rings. The number of aryl methyl sites for hydroxylation is 2. The molecule has 3 aromatic rings. The van der Waals surface area contributed by atoms with Crippen LogP contribution in [0.4, 0.5) is 5.69 Å². The number of nitrogens with zero attached hydrogens (tertiary/aromatic N) is 2. The van der Waals surface area contributed by atoms with Crippen LogP contribution in [0.2, 0.25) is 0 Å². The highest BCUT2D eigenvalue weighted by atomic mass is 16.5. The molecule has 0 atom stereocenters. The molecular weight excluding hydrogens is 380 g/mol. The zero-order valence-corrected chi connectivity index (χ0v) is 16.8. The molecule has 152 valence electrons. The minimum absolute atomic E-state index is 0.120. The van der Waals surface area contributed by atoms with E-state index >= 15 is 0 Å². The second kappa shape index (κ2) is 9.97. The molecule has 3 rings (SSSR count). The van der Waals surface area contributed by atoms with Crippen molar-refractivity contribution in [2.75, 3.05) is 11.9 Å². The highest BCUT2D eigenvalue weighted by molar-refractivity contribution is 5.94. The van der Waals surface area contributed by atoms with Crippen molar-refractivity contribution in [2.24, 2.45) is 5.10 Å². The maximum absolute atomic E-state index is 12.1. The Hall–Kier alpha value is -4.00. The molecule has 0 aliphatic carbocycles. The van der Waals surface area contributed by atoms with Gasteiger partial charge in [-0.15, -0.1) is 0 Å². The average Bonchev–Trinajstić information content (AvgIpc) is 2.76. The fraction of sp³-hybridized carbons (Fsp3) is 0.130. The van der Waals surface area contributed by atoms with Crippen LogP contribution in [0.5, 0.6) is 5.75 Å². The third-order valence-corrected chi connectivity index (χ3v) is 4.32. The molecule has 0 aliphatic heterocycles. The van der Waals surface area contributed by atoms with Gasteiger partial charge in [-0.05, 0) is 66.9 Å². The van der Waals surface area contributed by atoms with E-state index in [0.29, 0.717) is 16.9 Å². The van der Waals surface area contributed by atoms with Gasteiger partial charge in [-0.25, -0.2) is 5.43 Å². The van der Waals surface area contributed by atoms with Crippen molar-refractivity contribution in [1.29, 1.82) is 0 Å². The number of rotatable bonds is 7. The van der Waals surface area contributed by atoms with Gasteiger partial charge in [-0.3, -0.25) is 14.6 Å². The summed E-state index contributed by atoms with van der Waals surface area (Å²) in [5.74, 6) is -0.0800. The molecule has 1 aromatic heterocycles. The first kappa shape index (κ1) is 20.7. The van der Waals surface area contributed by atoms with Crippen molar-refractivity contribution in [3.8, 4) is 5.75 Å². The number of hydrazone groups is 1. The van der Waals surface area contributed by atoms with Crippen LogP contribution in [0.3, 0.4) is 0 Å². The number of hydrogen-bond donors (Lipinski definition) is 2. The average molecular weight is 402 g/mol. The summed E-state index contributed by atoms with van der Waals surface area (Å²) >= 11 is 0. The van der Waals surface area contributed by atoms with Gasteiger partial charge in [0.1, 0.15) is 5.75 Å². The van der Waals surface area contributed by atoms with Gasteiger partial charge in [0.25, 0.3) is 11.8 Å². The van der Waals surface area contributed by atoms with Crippen molar-refractivity contribution in [3.63, 3.8) is 0 Å². The van der Waals surface area contributed by atoms with Crippen LogP contribution in [0, 0.1) is 13.8 Å². The number of aromatic nitrogens is 1. The number of pyridine rings is 1. The van der Waals surface area contributed by atoms with Gasteiger partial charge in [-0.1, -0.05) is 18.2 Å². The zero-order chi connectivity index (χ0) is 21.3. The summed E-state index contributed by atoms with van der Waals surface area (Å²) in [6.07, 6.45) is 4.55. The van der Waals surface area contributed by atoms with E-state index < -0.39 is 0 Å². The summed E-state index contributed by atoms with van der Waals surface area (Å²) in [5, 5.41) is 6.75. The van der Waals surface area contributed by atoms with Crippen LogP contribution in [-0.2, 0) is 4.79 Å². The largest absolute Gasteiger partial charge is 0.484 e. The Kier molecular flexibility index (Phi) is 6.89. The molecule has 0 bridgehead atoms. The molecule has 30 heavy (non-hydrogen) atoms. The fourth-order valence-electron chi connectivity index (χ4n) is 2.58. The van der Waals surface area contributed by atoms with Crippen molar-refractivity contribution in [3.05, 3.63) is 89.2 Å². The molecule has 7 nitrogen and oxygen atoms in total. The van der Waals surface area contributed by atoms with E-state index in [9.17, 15) is 9.59 Å². The van der Waals surface area contributed by atoms with E-state index in [4.69, 9.17) is 4.74 Å². The highest BCUT2D eigenvalue weighted by Gasteiger charge is 2.06. The lowest BCUT2D eigenvalue weighted by molar-refractivity contribution is -0.118. The third kappa shape index (κ3) is 6.00.